The van der Waals surface area contributed by atoms with E-state index >= 15 is 0 Å². The molecule has 0 fully saturated rings. The second-order valence-electron chi connectivity index (χ2n) is 8.42. The molecule has 0 saturated heterocycles. The number of nitrogens with zero attached hydrogens (tertiary/aromatic N) is 2. The second-order valence-corrected chi connectivity index (χ2v) is 8.42. The van der Waals surface area contributed by atoms with Gasteiger partial charge >= 0.3 is 0 Å². The molecular weight excluding hydrogens is 426 g/mol. The summed E-state index contributed by atoms with van der Waals surface area (Å²) < 4.78 is 27.6. The van der Waals surface area contributed by atoms with Crippen LogP contribution < -0.4 is 0 Å². The summed E-state index contributed by atoms with van der Waals surface area (Å²) in [5, 5.41) is 0. The molecule has 0 saturated carbocycles. The highest BCUT2D eigenvalue weighted by Crippen LogP contribution is 2.28. The lowest BCUT2D eigenvalue weighted by molar-refractivity contribution is 0.627. The molecule has 4 rings (SSSR count). The molecular formula is C30H26F2N2. The van der Waals surface area contributed by atoms with E-state index in [2.05, 4.69) is 0 Å². The van der Waals surface area contributed by atoms with E-state index in [1.807, 2.05) is 64.1 Å². The highest BCUT2D eigenvalue weighted by atomic mass is 19.1. The van der Waals surface area contributed by atoms with Crippen LogP contribution in [0.15, 0.2) is 94.9 Å². The fourth-order valence-corrected chi connectivity index (χ4v) is 3.91. The van der Waals surface area contributed by atoms with Crippen LogP contribution in [0.3, 0.4) is 0 Å². The number of aliphatic imine (C=N–C) groups is 2. The van der Waals surface area contributed by atoms with Gasteiger partial charge in [0.15, 0.2) is 0 Å². The van der Waals surface area contributed by atoms with Crippen LogP contribution in [0.2, 0.25) is 0 Å². The van der Waals surface area contributed by atoms with Gasteiger partial charge in [-0.3, -0.25) is 0 Å². The highest BCUT2D eigenvalue weighted by Gasteiger charge is 2.18. The first-order chi connectivity index (χ1) is 16.3. The smallest absolute Gasteiger partial charge is 0.123 e. The van der Waals surface area contributed by atoms with Gasteiger partial charge in [-0.2, -0.15) is 0 Å². The first-order valence-corrected chi connectivity index (χ1v) is 11.2. The second kappa shape index (κ2) is 9.92. The minimum atomic E-state index is -0.329. The molecule has 0 N–H and O–H groups in total. The minimum Gasteiger partial charge on any atom is -0.246 e. The molecule has 0 aliphatic rings. The maximum atomic E-state index is 13.8. The lowest BCUT2D eigenvalue weighted by atomic mass is 9.98. The molecule has 4 heteroatoms. The molecule has 2 nitrogen and oxygen atoms in total. The Hall–Kier alpha value is -3.92. The van der Waals surface area contributed by atoms with E-state index in [0.717, 1.165) is 44.8 Å². The molecule has 0 spiro atoms. The van der Waals surface area contributed by atoms with Crippen molar-refractivity contribution >= 4 is 22.8 Å². The Morgan fingerprint density at radius 2 is 0.765 bits per heavy atom. The molecule has 4 aromatic carbocycles. The van der Waals surface area contributed by atoms with E-state index in [-0.39, 0.29) is 11.6 Å². The van der Waals surface area contributed by atoms with Crippen LogP contribution in [0.4, 0.5) is 20.2 Å². The van der Waals surface area contributed by atoms with Gasteiger partial charge in [0.25, 0.3) is 0 Å². The van der Waals surface area contributed by atoms with Crippen molar-refractivity contribution < 1.29 is 8.78 Å². The van der Waals surface area contributed by atoms with Gasteiger partial charge in [0, 0.05) is 11.1 Å². The summed E-state index contributed by atoms with van der Waals surface area (Å²) in [6, 6.07) is 24.5. The maximum Gasteiger partial charge on any atom is 0.123 e. The Morgan fingerprint density at radius 3 is 1.06 bits per heavy atom. The van der Waals surface area contributed by atoms with E-state index in [0.29, 0.717) is 11.4 Å². The van der Waals surface area contributed by atoms with Crippen molar-refractivity contribution in [2.24, 2.45) is 9.98 Å². The lowest BCUT2D eigenvalue weighted by Crippen LogP contribution is -2.18. The van der Waals surface area contributed by atoms with Crippen LogP contribution in [0, 0.1) is 39.3 Å². The number of hydrogen-bond acceptors (Lipinski definition) is 2. The van der Waals surface area contributed by atoms with Crippen LogP contribution in [0.1, 0.15) is 33.4 Å². The van der Waals surface area contributed by atoms with Gasteiger partial charge in [0.05, 0.1) is 22.8 Å². The summed E-state index contributed by atoms with van der Waals surface area (Å²) in [7, 11) is 0. The van der Waals surface area contributed by atoms with E-state index in [1.165, 1.54) is 24.3 Å². The molecule has 170 valence electrons. The molecule has 0 aliphatic heterocycles. The predicted molar refractivity (Wildman–Crippen MR) is 137 cm³/mol. The van der Waals surface area contributed by atoms with Crippen molar-refractivity contribution in [2.45, 2.75) is 27.7 Å². The minimum absolute atomic E-state index is 0.329. The fourth-order valence-electron chi connectivity index (χ4n) is 3.91. The largest absolute Gasteiger partial charge is 0.246 e. The van der Waals surface area contributed by atoms with E-state index in [1.54, 1.807) is 24.3 Å². The first kappa shape index (κ1) is 23.2. The van der Waals surface area contributed by atoms with E-state index in [9.17, 15) is 8.78 Å². The molecule has 0 aliphatic carbocycles. The summed E-state index contributed by atoms with van der Waals surface area (Å²) in [4.78, 5) is 10.2. The normalized spacial score (nSPS) is 12.2. The zero-order valence-corrected chi connectivity index (χ0v) is 19.7. The van der Waals surface area contributed by atoms with Crippen molar-refractivity contribution in [1.82, 2.24) is 0 Å². The monoisotopic (exact) mass is 452 g/mol. The van der Waals surface area contributed by atoms with Gasteiger partial charge in [0.1, 0.15) is 11.6 Å². The Morgan fingerprint density at radius 1 is 0.471 bits per heavy atom. The molecule has 0 unspecified atom stereocenters. The fraction of sp³-hybridized carbons (Fsp3) is 0.133. The number of para-hydroxylation sites is 2. The maximum absolute atomic E-state index is 13.8. The molecule has 34 heavy (non-hydrogen) atoms. The van der Waals surface area contributed by atoms with Crippen LogP contribution >= 0.6 is 0 Å². The van der Waals surface area contributed by atoms with Gasteiger partial charge in [-0.25, -0.2) is 18.8 Å². The molecule has 4 aromatic rings. The molecule has 0 atom stereocenters. The van der Waals surface area contributed by atoms with Gasteiger partial charge in [0.2, 0.25) is 0 Å². The Bertz CT molecular complexity index is 1230. The van der Waals surface area contributed by atoms with Crippen LogP contribution in [0.25, 0.3) is 0 Å². The number of benzene rings is 4. The van der Waals surface area contributed by atoms with Gasteiger partial charge in [-0.1, -0.05) is 36.4 Å². The molecule has 0 bridgehead atoms. The van der Waals surface area contributed by atoms with Gasteiger partial charge in [-0.05, 0) is 98.5 Å². The third-order valence-electron chi connectivity index (χ3n) is 5.79. The zero-order chi connectivity index (χ0) is 24.2. The van der Waals surface area contributed by atoms with Crippen LogP contribution in [0.5, 0.6) is 0 Å². The third-order valence-corrected chi connectivity index (χ3v) is 5.79. The number of aryl methyl sites for hydroxylation is 4. The summed E-state index contributed by atoms with van der Waals surface area (Å²) in [5.74, 6) is -0.657. The van der Waals surface area contributed by atoms with Crippen molar-refractivity contribution in [3.05, 3.63) is 130 Å². The highest BCUT2D eigenvalue weighted by molar-refractivity contribution is 6.54. The first-order valence-electron chi connectivity index (χ1n) is 11.2. The lowest BCUT2D eigenvalue weighted by Gasteiger charge is -2.15. The van der Waals surface area contributed by atoms with Crippen molar-refractivity contribution in [2.75, 3.05) is 0 Å². The van der Waals surface area contributed by atoms with Crippen LogP contribution in [-0.4, -0.2) is 11.4 Å². The number of rotatable bonds is 5. The van der Waals surface area contributed by atoms with E-state index in [4.69, 9.17) is 9.98 Å². The van der Waals surface area contributed by atoms with Crippen molar-refractivity contribution in [3.63, 3.8) is 0 Å². The summed E-state index contributed by atoms with van der Waals surface area (Å²) in [6.07, 6.45) is 0. The summed E-state index contributed by atoms with van der Waals surface area (Å²) >= 11 is 0. The average Bonchev–Trinajstić information content (AvgIpc) is 2.81. The van der Waals surface area contributed by atoms with E-state index < -0.39 is 0 Å². The average molecular weight is 453 g/mol. The van der Waals surface area contributed by atoms with Crippen LogP contribution in [-0.2, 0) is 0 Å². The zero-order valence-electron chi connectivity index (χ0n) is 19.7. The molecule has 0 heterocycles. The number of halogens is 2. The third kappa shape index (κ3) is 5.01. The molecule has 0 amide bonds. The van der Waals surface area contributed by atoms with Crippen molar-refractivity contribution in [3.8, 4) is 0 Å². The molecule has 0 aromatic heterocycles. The quantitative estimate of drug-likeness (QED) is 0.273. The Labute approximate surface area is 199 Å². The topological polar surface area (TPSA) is 24.7 Å². The summed E-state index contributed by atoms with van der Waals surface area (Å²) in [5.41, 5.74) is 8.36. The number of hydrogen-bond donors (Lipinski definition) is 0. The Kier molecular flexibility index (Phi) is 6.78. The predicted octanol–water partition coefficient (Wildman–Crippen LogP) is 8.14. The summed E-state index contributed by atoms with van der Waals surface area (Å²) in [6.45, 7) is 8.03. The standard InChI is InChI=1S/C30H26F2N2/c1-19-7-5-8-20(2)27(19)33-29(23-11-15-25(31)16-12-23)30(24-13-17-26(32)18-14-24)34-28-21(3)9-6-10-22(28)4/h5-18H,1-4H3/b33-29+,34-30+. The van der Waals surface area contributed by atoms with Gasteiger partial charge < -0.3 is 0 Å². The SMILES string of the molecule is Cc1cccc(C)c1/N=C(/C(=N/c1c(C)cccc1C)c1ccc(F)cc1)c1ccc(F)cc1. The Balaban J connectivity index is 2.06. The van der Waals surface area contributed by atoms with Gasteiger partial charge in [-0.15, -0.1) is 0 Å². The molecule has 0 radical (unpaired) electrons. The van der Waals surface area contributed by atoms with Crippen molar-refractivity contribution in [1.29, 1.82) is 0 Å².